The number of amides is 1. The van der Waals surface area contributed by atoms with Gasteiger partial charge in [-0.05, 0) is 49.7 Å². The zero-order valence-electron chi connectivity index (χ0n) is 16.0. The summed E-state index contributed by atoms with van der Waals surface area (Å²) < 4.78 is 17.6. The summed E-state index contributed by atoms with van der Waals surface area (Å²) in [6.45, 7) is 4.64. The number of fused-ring (bicyclic) bond motifs is 2. The lowest BCUT2D eigenvalue weighted by Gasteiger charge is -2.14. The highest BCUT2D eigenvalue weighted by Crippen LogP contribution is 2.32. The Kier molecular flexibility index (Phi) is 5.03. The lowest BCUT2D eigenvalue weighted by atomic mass is 10.2. The molecule has 0 fully saturated rings. The highest BCUT2D eigenvalue weighted by molar-refractivity contribution is 5.95. The molecule has 0 saturated carbocycles. The molecule has 29 heavy (non-hydrogen) atoms. The summed E-state index contributed by atoms with van der Waals surface area (Å²) in [5, 5.41) is 10.8. The molecule has 3 aromatic rings. The smallest absolute Gasteiger partial charge is 0.338 e. The summed E-state index contributed by atoms with van der Waals surface area (Å²) in [7, 11) is 0. The minimum atomic E-state index is -0.946. The van der Waals surface area contributed by atoms with Gasteiger partial charge in [0, 0.05) is 13.1 Å². The Labute approximate surface area is 166 Å². The molecule has 9 nitrogen and oxygen atoms in total. The first-order valence-corrected chi connectivity index (χ1v) is 9.25. The molecular formula is C20H20N4O5. The fourth-order valence-electron chi connectivity index (χ4n) is 3.00. The molecule has 0 saturated heterocycles. The number of aromatic nitrogens is 3. The Balaban J connectivity index is 1.35. The number of carbonyl (C=O) groups excluding carboxylic acids is 2. The first-order valence-electron chi connectivity index (χ1n) is 9.25. The number of nitrogens with one attached hydrogen (secondary N) is 1. The molecule has 0 bridgehead atoms. The van der Waals surface area contributed by atoms with E-state index in [9.17, 15) is 9.59 Å². The van der Waals surface area contributed by atoms with Gasteiger partial charge in [0.05, 0.1) is 11.1 Å². The number of hydrogen-bond donors (Lipinski definition) is 1. The maximum absolute atomic E-state index is 12.4. The molecule has 1 amide bonds. The van der Waals surface area contributed by atoms with Crippen molar-refractivity contribution in [1.82, 2.24) is 20.3 Å². The summed E-state index contributed by atoms with van der Waals surface area (Å²) in [5.41, 5.74) is 2.60. The van der Waals surface area contributed by atoms with Gasteiger partial charge in [-0.2, -0.15) is 0 Å². The third kappa shape index (κ3) is 3.84. The molecule has 2 aromatic carbocycles. The van der Waals surface area contributed by atoms with Crippen molar-refractivity contribution in [1.29, 1.82) is 0 Å². The fourth-order valence-corrected chi connectivity index (χ4v) is 3.00. The Morgan fingerprint density at radius 2 is 2.03 bits per heavy atom. The van der Waals surface area contributed by atoms with Crippen LogP contribution in [0.1, 0.15) is 29.8 Å². The predicted molar refractivity (Wildman–Crippen MR) is 102 cm³/mol. The van der Waals surface area contributed by atoms with Crippen LogP contribution in [0.4, 0.5) is 0 Å². The molecular weight excluding hydrogens is 376 g/mol. The lowest BCUT2D eigenvalue weighted by Crippen LogP contribution is -2.35. The first kappa shape index (κ1) is 18.7. The van der Waals surface area contributed by atoms with Crippen LogP contribution in [-0.2, 0) is 22.6 Å². The second-order valence-electron chi connectivity index (χ2n) is 6.56. The van der Waals surface area contributed by atoms with Gasteiger partial charge in [-0.15, -0.1) is 5.10 Å². The molecule has 0 aliphatic carbocycles. The molecule has 1 aromatic heterocycles. The van der Waals surface area contributed by atoms with E-state index in [1.165, 1.54) is 6.92 Å². The average Bonchev–Trinajstić information content (AvgIpc) is 3.37. The van der Waals surface area contributed by atoms with Crippen LogP contribution in [-0.4, -0.2) is 39.8 Å². The second kappa shape index (κ2) is 7.78. The van der Waals surface area contributed by atoms with E-state index in [-0.39, 0.29) is 13.3 Å². The van der Waals surface area contributed by atoms with Gasteiger partial charge in [0.15, 0.2) is 17.6 Å². The van der Waals surface area contributed by atoms with Crippen molar-refractivity contribution >= 4 is 22.9 Å². The van der Waals surface area contributed by atoms with Crippen molar-refractivity contribution in [3.8, 4) is 11.5 Å². The normalized spacial score (nSPS) is 13.3. The molecule has 9 heteroatoms. The van der Waals surface area contributed by atoms with Crippen LogP contribution < -0.4 is 14.8 Å². The second-order valence-corrected chi connectivity index (χ2v) is 6.56. The third-order valence-electron chi connectivity index (χ3n) is 4.61. The molecule has 0 spiro atoms. The molecule has 4 rings (SSSR count). The van der Waals surface area contributed by atoms with E-state index in [1.807, 2.05) is 13.0 Å². The maximum atomic E-state index is 12.4. The zero-order valence-corrected chi connectivity index (χ0v) is 16.0. The van der Waals surface area contributed by atoms with Gasteiger partial charge in [0.2, 0.25) is 6.79 Å². The predicted octanol–water partition coefficient (Wildman–Crippen LogP) is 2.04. The number of aryl methyl sites for hydroxylation is 1. The van der Waals surface area contributed by atoms with Crippen LogP contribution in [0, 0.1) is 0 Å². The van der Waals surface area contributed by atoms with E-state index < -0.39 is 18.0 Å². The van der Waals surface area contributed by atoms with Gasteiger partial charge >= 0.3 is 5.97 Å². The van der Waals surface area contributed by atoms with Gasteiger partial charge in [-0.3, -0.25) is 4.79 Å². The Morgan fingerprint density at radius 1 is 1.21 bits per heavy atom. The first-order chi connectivity index (χ1) is 14.0. The number of benzene rings is 2. The van der Waals surface area contributed by atoms with Crippen molar-refractivity contribution < 1.29 is 23.8 Å². The van der Waals surface area contributed by atoms with Crippen molar-refractivity contribution in [2.45, 2.75) is 33.0 Å². The molecule has 1 aliphatic heterocycles. The number of rotatable bonds is 6. The SMILES string of the molecule is CCn1nnc2cc(C(=O)O[C@H](C)C(=O)NCc3ccc4c(c3)OCO4)ccc21. The van der Waals surface area contributed by atoms with Gasteiger partial charge in [0.25, 0.3) is 5.91 Å². The summed E-state index contributed by atoms with van der Waals surface area (Å²) >= 11 is 0. The summed E-state index contributed by atoms with van der Waals surface area (Å²) in [5.74, 6) is 0.336. The van der Waals surface area contributed by atoms with Crippen molar-refractivity contribution in [2.24, 2.45) is 0 Å². The minimum absolute atomic E-state index is 0.193. The summed E-state index contributed by atoms with van der Waals surface area (Å²) in [6.07, 6.45) is -0.946. The van der Waals surface area contributed by atoms with Crippen molar-refractivity contribution in [3.63, 3.8) is 0 Å². The van der Waals surface area contributed by atoms with Crippen LogP contribution in [0.3, 0.4) is 0 Å². The number of nitrogens with zero attached hydrogens (tertiary/aromatic N) is 3. The molecule has 1 atom stereocenters. The number of hydrogen-bond acceptors (Lipinski definition) is 7. The van der Waals surface area contributed by atoms with E-state index >= 15 is 0 Å². The van der Waals surface area contributed by atoms with Gasteiger partial charge in [-0.25, -0.2) is 9.48 Å². The number of esters is 1. The van der Waals surface area contributed by atoms with Crippen molar-refractivity contribution in [3.05, 3.63) is 47.5 Å². The molecule has 1 aliphatic rings. The van der Waals surface area contributed by atoms with Crippen LogP contribution in [0.5, 0.6) is 11.5 Å². The summed E-state index contributed by atoms with van der Waals surface area (Å²) in [6, 6.07) is 10.4. The third-order valence-corrected chi connectivity index (χ3v) is 4.61. The van der Waals surface area contributed by atoms with Gasteiger partial charge in [-0.1, -0.05) is 11.3 Å². The highest BCUT2D eigenvalue weighted by atomic mass is 16.7. The molecule has 0 unspecified atom stereocenters. The van der Waals surface area contributed by atoms with E-state index in [1.54, 1.807) is 35.0 Å². The number of ether oxygens (including phenoxy) is 3. The standard InChI is InChI=1S/C20H20N4O5/c1-3-24-16-6-5-14(9-15(16)22-23-24)20(26)29-12(2)19(25)21-10-13-4-7-17-18(8-13)28-11-27-17/h4-9,12H,3,10-11H2,1-2H3,(H,21,25)/t12-/m1/s1. The van der Waals surface area contributed by atoms with Crippen LogP contribution in [0.25, 0.3) is 11.0 Å². The lowest BCUT2D eigenvalue weighted by molar-refractivity contribution is -0.129. The largest absolute Gasteiger partial charge is 0.454 e. The van der Waals surface area contributed by atoms with Gasteiger partial charge < -0.3 is 19.5 Å². The zero-order chi connectivity index (χ0) is 20.4. The van der Waals surface area contributed by atoms with Crippen LogP contribution in [0.15, 0.2) is 36.4 Å². The van der Waals surface area contributed by atoms with Gasteiger partial charge in [0.1, 0.15) is 5.52 Å². The molecule has 0 radical (unpaired) electrons. The quantitative estimate of drug-likeness (QED) is 0.636. The monoisotopic (exact) mass is 396 g/mol. The van der Waals surface area contributed by atoms with Crippen molar-refractivity contribution in [2.75, 3.05) is 6.79 Å². The Hall–Kier alpha value is -3.62. The van der Waals surface area contributed by atoms with E-state index in [0.29, 0.717) is 29.1 Å². The fraction of sp³-hybridized carbons (Fsp3) is 0.300. The topological polar surface area (TPSA) is 105 Å². The van der Waals surface area contributed by atoms with E-state index in [0.717, 1.165) is 11.1 Å². The van der Waals surface area contributed by atoms with E-state index in [4.69, 9.17) is 14.2 Å². The minimum Gasteiger partial charge on any atom is -0.454 e. The Bertz CT molecular complexity index is 1080. The van der Waals surface area contributed by atoms with E-state index in [2.05, 4.69) is 15.6 Å². The molecule has 150 valence electrons. The molecule has 2 heterocycles. The maximum Gasteiger partial charge on any atom is 0.338 e. The molecule has 1 N–H and O–H groups in total. The summed E-state index contributed by atoms with van der Waals surface area (Å²) in [4.78, 5) is 24.7. The Morgan fingerprint density at radius 3 is 2.86 bits per heavy atom. The van der Waals surface area contributed by atoms with Crippen LogP contribution in [0.2, 0.25) is 0 Å². The highest BCUT2D eigenvalue weighted by Gasteiger charge is 2.20. The average molecular weight is 396 g/mol. The van der Waals surface area contributed by atoms with Crippen LogP contribution >= 0.6 is 0 Å². The number of carbonyl (C=O) groups is 2.